The van der Waals surface area contributed by atoms with Gasteiger partial charge in [-0.3, -0.25) is 0 Å². The molecule has 0 aromatic heterocycles. The van der Waals surface area contributed by atoms with Crippen LogP contribution in [0.1, 0.15) is 33.6 Å². The van der Waals surface area contributed by atoms with Crippen molar-refractivity contribution < 1.29 is 9.53 Å². The molecule has 4 nitrogen and oxygen atoms in total. The van der Waals surface area contributed by atoms with Crippen LogP contribution in [0.25, 0.3) is 0 Å². The van der Waals surface area contributed by atoms with E-state index in [1.807, 2.05) is 12.2 Å². The maximum Gasteiger partial charge on any atom is 0.192 e. The summed E-state index contributed by atoms with van der Waals surface area (Å²) >= 11 is 3.12. The molecule has 0 aliphatic heterocycles. The molecule has 0 fully saturated rings. The number of hydrogen-bond acceptors (Lipinski definition) is 6. The molecular formula is C18H30N2O2S2Si. The SMILES string of the molecule is CC(C)(C)[Si](C)(C)OC/C(=C/C=C(/CO)SCCC#N)SCCC#N. The van der Waals surface area contributed by atoms with E-state index in [0.717, 1.165) is 15.6 Å². The van der Waals surface area contributed by atoms with Crippen LogP contribution in [-0.4, -0.2) is 38.1 Å². The lowest BCUT2D eigenvalue weighted by Gasteiger charge is -2.36. The first kappa shape index (κ1) is 24.3. The zero-order valence-corrected chi connectivity index (χ0v) is 18.6. The molecule has 0 saturated heterocycles. The summed E-state index contributed by atoms with van der Waals surface area (Å²) in [4.78, 5) is 1.90. The Morgan fingerprint density at radius 1 is 1.04 bits per heavy atom. The zero-order chi connectivity index (χ0) is 19.3. The molecule has 140 valence electrons. The summed E-state index contributed by atoms with van der Waals surface area (Å²) < 4.78 is 6.28. The Kier molecular flexibility index (Phi) is 12.3. The molecule has 0 unspecified atom stereocenters. The van der Waals surface area contributed by atoms with Crippen LogP contribution in [0.5, 0.6) is 0 Å². The van der Waals surface area contributed by atoms with Gasteiger partial charge in [0, 0.05) is 34.2 Å². The van der Waals surface area contributed by atoms with E-state index in [-0.39, 0.29) is 11.6 Å². The van der Waals surface area contributed by atoms with Crippen LogP contribution in [0.3, 0.4) is 0 Å². The minimum atomic E-state index is -1.84. The van der Waals surface area contributed by atoms with Crippen LogP contribution in [0.2, 0.25) is 18.1 Å². The first-order valence-electron chi connectivity index (χ1n) is 8.32. The molecule has 0 aromatic rings. The highest BCUT2D eigenvalue weighted by molar-refractivity contribution is 8.03. The molecule has 0 heterocycles. The first-order chi connectivity index (χ1) is 11.7. The van der Waals surface area contributed by atoms with Crippen molar-refractivity contribution in [3.05, 3.63) is 22.0 Å². The number of aliphatic hydroxyl groups is 1. The van der Waals surface area contributed by atoms with Gasteiger partial charge in [0.05, 0.1) is 25.4 Å². The van der Waals surface area contributed by atoms with Crippen molar-refractivity contribution in [1.29, 1.82) is 10.5 Å². The van der Waals surface area contributed by atoms with E-state index < -0.39 is 8.32 Å². The average Bonchev–Trinajstić information content (AvgIpc) is 2.54. The van der Waals surface area contributed by atoms with Gasteiger partial charge in [0.25, 0.3) is 0 Å². The molecule has 0 aliphatic rings. The Morgan fingerprint density at radius 2 is 1.52 bits per heavy atom. The van der Waals surface area contributed by atoms with Crippen molar-refractivity contribution in [3.8, 4) is 12.1 Å². The number of nitrogens with zero attached hydrogens (tertiary/aromatic N) is 2. The number of nitriles is 2. The standard InChI is InChI=1S/C18H30N2O2S2Si/c1-18(2,3)25(4,5)22-15-17(24-13-7-11-20)9-8-16(14-21)23-12-6-10-19/h8-9,21H,6-7,12-15H2,1-5H3/b16-8-,17-9-. The third-order valence-electron chi connectivity index (χ3n) is 4.00. The summed E-state index contributed by atoms with van der Waals surface area (Å²) in [6, 6.07) is 4.26. The zero-order valence-electron chi connectivity index (χ0n) is 16.0. The van der Waals surface area contributed by atoms with Crippen molar-refractivity contribution in [2.24, 2.45) is 0 Å². The van der Waals surface area contributed by atoms with Crippen molar-refractivity contribution in [3.63, 3.8) is 0 Å². The van der Waals surface area contributed by atoms with Gasteiger partial charge in [-0.2, -0.15) is 10.5 Å². The Labute approximate surface area is 162 Å². The predicted octanol–water partition coefficient (Wildman–Crippen LogP) is 5.06. The summed E-state index contributed by atoms with van der Waals surface area (Å²) in [5.74, 6) is 1.40. The molecule has 1 N–H and O–H groups in total. The highest BCUT2D eigenvalue weighted by atomic mass is 32.2. The van der Waals surface area contributed by atoms with Gasteiger partial charge >= 0.3 is 0 Å². The smallest absolute Gasteiger partial charge is 0.192 e. The van der Waals surface area contributed by atoms with Crippen molar-refractivity contribution in [2.75, 3.05) is 24.7 Å². The van der Waals surface area contributed by atoms with Gasteiger partial charge in [-0.25, -0.2) is 0 Å². The Hall–Kier alpha value is -0.703. The molecular weight excluding hydrogens is 368 g/mol. The molecule has 0 amide bonds. The lowest BCUT2D eigenvalue weighted by molar-refractivity contribution is 0.325. The second-order valence-corrected chi connectivity index (χ2v) is 14.2. The maximum absolute atomic E-state index is 9.44. The Balaban J connectivity index is 5.01. The average molecular weight is 399 g/mol. The van der Waals surface area contributed by atoms with Crippen LogP contribution in [-0.2, 0) is 4.43 Å². The highest BCUT2D eigenvalue weighted by Crippen LogP contribution is 2.37. The molecule has 0 spiro atoms. The maximum atomic E-state index is 9.44. The largest absolute Gasteiger partial charge is 0.412 e. The molecule has 0 aromatic carbocycles. The van der Waals surface area contributed by atoms with Crippen LogP contribution < -0.4 is 0 Å². The fourth-order valence-electron chi connectivity index (χ4n) is 1.39. The molecule has 0 atom stereocenters. The van der Waals surface area contributed by atoms with Crippen molar-refractivity contribution in [1.82, 2.24) is 0 Å². The van der Waals surface area contributed by atoms with Gasteiger partial charge in [-0.15, -0.1) is 23.5 Å². The van der Waals surface area contributed by atoms with E-state index >= 15 is 0 Å². The summed E-state index contributed by atoms with van der Waals surface area (Å²) in [7, 11) is -1.84. The minimum Gasteiger partial charge on any atom is -0.412 e. The normalized spacial score (nSPS) is 13.4. The molecule has 0 rings (SSSR count). The summed E-state index contributed by atoms with van der Waals surface area (Å²) in [6.07, 6.45) is 4.82. The highest BCUT2D eigenvalue weighted by Gasteiger charge is 2.37. The topological polar surface area (TPSA) is 77.0 Å². The second-order valence-electron chi connectivity index (χ2n) is 6.99. The van der Waals surface area contributed by atoms with Gasteiger partial charge in [0.1, 0.15) is 0 Å². The van der Waals surface area contributed by atoms with Crippen LogP contribution in [0, 0.1) is 22.7 Å². The lowest BCUT2D eigenvalue weighted by atomic mass is 10.2. The Morgan fingerprint density at radius 3 is 1.96 bits per heavy atom. The molecule has 7 heteroatoms. The Bertz CT molecular complexity index is 541. The van der Waals surface area contributed by atoms with E-state index in [9.17, 15) is 5.11 Å². The van der Waals surface area contributed by atoms with Gasteiger partial charge in [0.2, 0.25) is 0 Å². The van der Waals surface area contributed by atoms with Crippen LogP contribution >= 0.6 is 23.5 Å². The molecule has 0 saturated carbocycles. The number of rotatable bonds is 11. The lowest BCUT2D eigenvalue weighted by Crippen LogP contribution is -2.41. The van der Waals surface area contributed by atoms with Gasteiger partial charge in [-0.1, -0.05) is 20.8 Å². The van der Waals surface area contributed by atoms with Gasteiger partial charge < -0.3 is 9.53 Å². The third kappa shape index (κ3) is 10.8. The fraction of sp³-hybridized carbons (Fsp3) is 0.667. The summed E-state index contributed by atoms with van der Waals surface area (Å²) in [5, 5.41) is 26.9. The van der Waals surface area contributed by atoms with Crippen molar-refractivity contribution >= 4 is 31.8 Å². The van der Waals surface area contributed by atoms with E-state index in [1.165, 1.54) is 11.8 Å². The van der Waals surface area contributed by atoms with Crippen LogP contribution in [0.15, 0.2) is 22.0 Å². The molecule has 0 radical (unpaired) electrons. The van der Waals surface area contributed by atoms with Crippen LogP contribution in [0.4, 0.5) is 0 Å². The summed E-state index contributed by atoms with van der Waals surface area (Å²) in [5.41, 5.74) is 0. The van der Waals surface area contributed by atoms with Gasteiger partial charge in [-0.05, 0) is 30.3 Å². The number of aliphatic hydroxyl groups excluding tert-OH is 1. The minimum absolute atomic E-state index is 0.0359. The summed E-state index contributed by atoms with van der Waals surface area (Å²) in [6.45, 7) is 11.6. The van der Waals surface area contributed by atoms with E-state index in [1.54, 1.807) is 11.8 Å². The molecule has 25 heavy (non-hydrogen) atoms. The molecule has 0 bridgehead atoms. The van der Waals surface area contributed by atoms with Gasteiger partial charge in [0.15, 0.2) is 8.32 Å². The van der Waals surface area contributed by atoms with E-state index in [4.69, 9.17) is 14.9 Å². The quantitative estimate of drug-likeness (QED) is 0.298. The number of allylic oxidation sites excluding steroid dienone is 2. The monoisotopic (exact) mass is 398 g/mol. The predicted molar refractivity (Wildman–Crippen MR) is 112 cm³/mol. The molecule has 0 aliphatic carbocycles. The number of hydrogen-bond donors (Lipinski definition) is 1. The van der Waals surface area contributed by atoms with E-state index in [0.29, 0.717) is 25.2 Å². The second kappa shape index (κ2) is 12.6. The first-order valence-corrected chi connectivity index (χ1v) is 13.2. The third-order valence-corrected chi connectivity index (χ3v) is 10.6. The van der Waals surface area contributed by atoms with E-state index in [2.05, 4.69) is 46.0 Å². The fourth-order valence-corrected chi connectivity index (χ4v) is 3.92. The van der Waals surface area contributed by atoms with Crippen molar-refractivity contribution in [2.45, 2.75) is 51.7 Å². The number of thioether (sulfide) groups is 2.